The Labute approximate surface area is 113 Å². The number of rotatable bonds is 4. The molecule has 2 aromatic carbocycles. The number of nitrogens with two attached hydrogens (primary N) is 1. The number of nitrogen functional groups attached to an aromatic ring is 1. The van der Waals surface area contributed by atoms with E-state index < -0.39 is 0 Å². The summed E-state index contributed by atoms with van der Waals surface area (Å²) in [5.41, 5.74) is 8.39. The van der Waals surface area contributed by atoms with Gasteiger partial charge in [0.15, 0.2) is 0 Å². The standard InChI is InChI=1S/C16H18N2O/c1-11(2)19-15-9-7-13(8-10-15)12-3-5-14(6-4-12)16(17)18/h3-11H,1-2H3,(H3,17,18). The van der Waals surface area contributed by atoms with E-state index >= 15 is 0 Å². The molecule has 0 fully saturated rings. The normalized spacial score (nSPS) is 10.5. The van der Waals surface area contributed by atoms with Crippen molar-refractivity contribution in [2.75, 3.05) is 0 Å². The molecule has 0 atom stereocenters. The van der Waals surface area contributed by atoms with Crippen molar-refractivity contribution in [1.29, 1.82) is 5.41 Å². The topological polar surface area (TPSA) is 59.1 Å². The molecule has 0 radical (unpaired) electrons. The third-order valence-electron chi connectivity index (χ3n) is 2.76. The number of nitrogens with one attached hydrogen (secondary N) is 1. The van der Waals surface area contributed by atoms with Crippen LogP contribution in [0.25, 0.3) is 11.1 Å². The lowest BCUT2D eigenvalue weighted by atomic mass is 10.0. The fourth-order valence-corrected chi connectivity index (χ4v) is 1.84. The molecule has 0 aromatic heterocycles. The second-order valence-electron chi connectivity index (χ2n) is 4.68. The maximum Gasteiger partial charge on any atom is 0.122 e. The molecule has 2 rings (SSSR count). The van der Waals surface area contributed by atoms with Crippen LogP contribution in [0.3, 0.4) is 0 Å². The summed E-state index contributed by atoms with van der Waals surface area (Å²) in [6, 6.07) is 15.6. The predicted molar refractivity (Wildman–Crippen MR) is 78.7 cm³/mol. The number of hydrogen-bond donors (Lipinski definition) is 2. The first-order valence-corrected chi connectivity index (χ1v) is 6.28. The zero-order valence-corrected chi connectivity index (χ0v) is 11.2. The van der Waals surface area contributed by atoms with Crippen molar-refractivity contribution >= 4 is 5.84 Å². The van der Waals surface area contributed by atoms with Crippen LogP contribution in [0.4, 0.5) is 0 Å². The van der Waals surface area contributed by atoms with Gasteiger partial charge < -0.3 is 10.5 Å². The van der Waals surface area contributed by atoms with E-state index in [0.29, 0.717) is 0 Å². The Kier molecular flexibility index (Phi) is 3.85. The van der Waals surface area contributed by atoms with E-state index in [0.717, 1.165) is 22.4 Å². The molecule has 3 N–H and O–H groups in total. The first kappa shape index (κ1) is 13.1. The molecule has 0 unspecified atom stereocenters. The van der Waals surface area contributed by atoms with E-state index in [1.165, 1.54) is 0 Å². The molecule has 0 spiro atoms. The summed E-state index contributed by atoms with van der Waals surface area (Å²) in [7, 11) is 0. The minimum atomic E-state index is 0.0900. The average Bonchev–Trinajstić information content (AvgIpc) is 2.39. The Balaban J connectivity index is 2.19. The van der Waals surface area contributed by atoms with Gasteiger partial charge in [-0.2, -0.15) is 0 Å². The lowest BCUT2D eigenvalue weighted by Crippen LogP contribution is -2.10. The highest BCUT2D eigenvalue weighted by molar-refractivity contribution is 5.95. The lowest BCUT2D eigenvalue weighted by molar-refractivity contribution is 0.242. The minimum absolute atomic E-state index is 0.0900. The highest BCUT2D eigenvalue weighted by atomic mass is 16.5. The third-order valence-corrected chi connectivity index (χ3v) is 2.76. The van der Waals surface area contributed by atoms with Gasteiger partial charge in [-0.15, -0.1) is 0 Å². The van der Waals surface area contributed by atoms with Crippen LogP contribution < -0.4 is 10.5 Å². The first-order valence-electron chi connectivity index (χ1n) is 6.28. The van der Waals surface area contributed by atoms with Gasteiger partial charge in [-0.05, 0) is 37.1 Å². The van der Waals surface area contributed by atoms with Gasteiger partial charge in [-0.1, -0.05) is 36.4 Å². The molecule has 0 saturated heterocycles. The second-order valence-corrected chi connectivity index (χ2v) is 4.68. The third kappa shape index (κ3) is 3.35. The van der Waals surface area contributed by atoms with E-state index in [4.69, 9.17) is 15.9 Å². The number of benzene rings is 2. The van der Waals surface area contributed by atoms with Crippen molar-refractivity contribution in [2.45, 2.75) is 20.0 Å². The molecule has 98 valence electrons. The van der Waals surface area contributed by atoms with Crippen LogP contribution in [0.5, 0.6) is 5.75 Å². The Morgan fingerprint density at radius 2 is 1.42 bits per heavy atom. The summed E-state index contributed by atoms with van der Waals surface area (Å²) >= 11 is 0. The van der Waals surface area contributed by atoms with E-state index in [-0.39, 0.29) is 11.9 Å². The summed E-state index contributed by atoms with van der Waals surface area (Å²) in [6.07, 6.45) is 0.181. The summed E-state index contributed by atoms with van der Waals surface area (Å²) < 4.78 is 5.61. The Morgan fingerprint density at radius 3 is 1.84 bits per heavy atom. The van der Waals surface area contributed by atoms with Gasteiger partial charge in [0, 0.05) is 5.56 Å². The van der Waals surface area contributed by atoms with Gasteiger partial charge in [0.25, 0.3) is 0 Å². The summed E-state index contributed by atoms with van der Waals surface area (Å²) in [5.74, 6) is 0.964. The molecule has 0 aliphatic carbocycles. The molecule has 2 aromatic rings. The summed E-state index contributed by atoms with van der Waals surface area (Å²) in [4.78, 5) is 0. The molecule has 3 nitrogen and oxygen atoms in total. The van der Waals surface area contributed by atoms with Gasteiger partial charge in [-0.25, -0.2) is 0 Å². The van der Waals surface area contributed by atoms with Crippen molar-refractivity contribution in [3.63, 3.8) is 0 Å². The van der Waals surface area contributed by atoms with Gasteiger partial charge >= 0.3 is 0 Å². The molecule has 0 bridgehead atoms. The van der Waals surface area contributed by atoms with Crippen LogP contribution in [0, 0.1) is 5.41 Å². The molecule has 0 amide bonds. The highest BCUT2D eigenvalue weighted by Gasteiger charge is 2.01. The maximum absolute atomic E-state index is 7.36. The molecular formula is C16H18N2O. The van der Waals surface area contributed by atoms with E-state index in [1.54, 1.807) is 0 Å². The van der Waals surface area contributed by atoms with Crippen LogP contribution in [0.1, 0.15) is 19.4 Å². The van der Waals surface area contributed by atoms with Crippen LogP contribution in [-0.4, -0.2) is 11.9 Å². The van der Waals surface area contributed by atoms with Gasteiger partial charge in [0.2, 0.25) is 0 Å². The van der Waals surface area contributed by atoms with Crippen molar-refractivity contribution < 1.29 is 4.74 Å². The minimum Gasteiger partial charge on any atom is -0.491 e. The Hall–Kier alpha value is -2.29. The molecular weight excluding hydrogens is 236 g/mol. The molecule has 3 heteroatoms. The summed E-state index contributed by atoms with van der Waals surface area (Å²) in [6.45, 7) is 4.02. The zero-order chi connectivity index (χ0) is 13.8. The van der Waals surface area contributed by atoms with Gasteiger partial charge in [-0.3, -0.25) is 5.41 Å². The molecule has 0 heterocycles. The van der Waals surface area contributed by atoms with E-state index in [9.17, 15) is 0 Å². The Bertz CT molecular complexity index is 556. The molecule has 0 saturated carbocycles. The first-order chi connectivity index (χ1) is 9.06. The van der Waals surface area contributed by atoms with Crippen LogP contribution in [0.2, 0.25) is 0 Å². The van der Waals surface area contributed by atoms with Crippen LogP contribution in [-0.2, 0) is 0 Å². The SMILES string of the molecule is CC(C)Oc1ccc(-c2ccc(C(=N)N)cc2)cc1. The predicted octanol–water partition coefficient (Wildman–Crippen LogP) is 3.42. The maximum atomic E-state index is 7.36. The fourth-order valence-electron chi connectivity index (χ4n) is 1.84. The fraction of sp³-hybridized carbons (Fsp3) is 0.188. The van der Waals surface area contributed by atoms with Gasteiger partial charge in [0.1, 0.15) is 11.6 Å². The van der Waals surface area contributed by atoms with Crippen molar-refractivity contribution in [2.24, 2.45) is 5.73 Å². The summed E-state index contributed by atoms with van der Waals surface area (Å²) in [5, 5.41) is 7.36. The average molecular weight is 254 g/mol. The number of amidine groups is 1. The molecule has 0 aliphatic rings. The lowest BCUT2D eigenvalue weighted by Gasteiger charge is -2.10. The van der Waals surface area contributed by atoms with Crippen molar-refractivity contribution in [1.82, 2.24) is 0 Å². The van der Waals surface area contributed by atoms with Crippen molar-refractivity contribution in [3.8, 4) is 16.9 Å². The molecule has 19 heavy (non-hydrogen) atoms. The highest BCUT2D eigenvalue weighted by Crippen LogP contribution is 2.23. The van der Waals surface area contributed by atoms with E-state index in [1.807, 2.05) is 62.4 Å². The second kappa shape index (κ2) is 5.57. The number of hydrogen-bond acceptors (Lipinski definition) is 2. The Morgan fingerprint density at radius 1 is 0.947 bits per heavy atom. The molecule has 0 aliphatic heterocycles. The largest absolute Gasteiger partial charge is 0.491 e. The van der Waals surface area contributed by atoms with Gasteiger partial charge in [0.05, 0.1) is 6.10 Å². The van der Waals surface area contributed by atoms with E-state index in [2.05, 4.69) is 0 Å². The van der Waals surface area contributed by atoms with Crippen LogP contribution >= 0.6 is 0 Å². The number of ether oxygens (including phenoxy) is 1. The van der Waals surface area contributed by atoms with Crippen LogP contribution in [0.15, 0.2) is 48.5 Å². The quantitative estimate of drug-likeness (QED) is 0.648. The smallest absolute Gasteiger partial charge is 0.122 e. The van der Waals surface area contributed by atoms with Crippen molar-refractivity contribution in [3.05, 3.63) is 54.1 Å². The zero-order valence-electron chi connectivity index (χ0n) is 11.2. The monoisotopic (exact) mass is 254 g/mol.